The third-order valence-corrected chi connectivity index (χ3v) is 6.98. The summed E-state index contributed by atoms with van der Waals surface area (Å²) in [7, 11) is 1.84. The minimum absolute atomic E-state index is 0.312. The molecular formula is C33H27FNO+. The molecule has 2 nitrogen and oxygen atoms in total. The number of fused-ring (bicyclic) bond motifs is 3. The fourth-order valence-corrected chi connectivity index (χ4v) is 5.02. The lowest BCUT2D eigenvalue weighted by Gasteiger charge is -2.08. The lowest BCUT2D eigenvalue weighted by Crippen LogP contribution is -2.31. The monoisotopic (exact) mass is 475 g/mol. The summed E-state index contributed by atoms with van der Waals surface area (Å²) in [6, 6.07) is 27.1. The number of hydrogen-bond donors (Lipinski definition) is 0. The second-order valence-electron chi connectivity index (χ2n) is 9.34. The van der Waals surface area contributed by atoms with Crippen molar-refractivity contribution in [1.82, 2.24) is 0 Å². The van der Waals surface area contributed by atoms with Gasteiger partial charge in [-0.15, -0.1) is 0 Å². The highest BCUT2D eigenvalue weighted by atomic mass is 19.1. The molecule has 6 rings (SSSR count). The first-order valence-corrected chi connectivity index (χ1v) is 11.9. The Kier molecular flexibility index (Phi) is 4.47. The standard InChI is InChI=1S/C33H27FNO/c1-20-10-15-26-27-16-17-28(34)31(25-13-11-24(12-14-25)23-8-6-5-7-9-23)33(27)36-32(26)30(20)29-18-21(2)22(3)19-35(29)4/h5-19H,1-4H3/q+1/i3D3. The van der Waals surface area contributed by atoms with Crippen molar-refractivity contribution in [3.05, 3.63) is 114 Å². The van der Waals surface area contributed by atoms with Crippen LogP contribution in [0.4, 0.5) is 4.39 Å². The van der Waals surface area contributed by atoms with Crippen LogP contribution in [0, 0.1) is 26.5 Å². The van der Waals surface area contributed by atoms with E-state index in [2.05, 4.69) is 0 Å². The van der Waals surface area contributed by atoms with Crippen LogP contribution in [0.5, 0.6) is 0 Å². The van der Waals surface area contributed by atoms with Crippen LogP contribution in [0.15, 0.2) is 95.5 Å². The number of nitrogens with zero attached hydrogens (tertiary/aromatic N) is 1. The Morgan fingerprint density at radius 3 is 2.06 bits per heavy atom. The molecule has 0 unspecified atom stereocenters. The van der Waals surface area contributed by atoms with Gasteiger partial charge in [0.15, 0.2) is 6.20 Å². The zero-order valence-corrected chi connectivity index (χ0v) is 20.4. The molecule has 0 aliphatic heterocycles. The SMILES string of the molecule is [2H]C([2H])([2H])c1c[n+](C)c(-c2c(C)ccc3c2oc2c(-c4ccc(-c5ccccc5)cc4)c(F)ccc23)cc1C. The molecule has 0 radical (unpaired) electrons. The first-order valence-electron chi connectivity index (χ1n) is 13.4. The predicted octanol–water partition coefficient (Wildman–Crippen LogP) is 8.48. The second-order valence-corrected chi connectivity index (χ2v) is 9.34. The molecule has 6 aromatic rings. The Bertz CT molecular complexity index is 1870. The molecule has 176 valence electrons. The largest absolute Gasteiger partial charge is 0.454 e. The van der Waals surface area contributed by atoms with Gasteiger partial charge in [0, 0.05) is 26.5 Å². The third-order valence-electron chi connectivity index (χ3n) is 6.98. The van der Waals surface area contributed by atoms with Crippen LogP contribution in [0.1, 0.15) is 20.8 Å². The first-order chi connectivity index (χ1) is 18.6. The topological polar surface area (TPSA) is 17.0 Å². The number of aromatic nitrogens is 1. The van der Waals surface area contributed by atoms with Crippen LogP contribution in [0.3, 0.4) is 0 Å². The number of hydrogen-bond acceptors (Lipinski definition) is 1. The number of benzene rings is 4. The summed E-state index contributed by atoms with van der Waals surface area (Å²) >= 11 is 0. The maximum atomic E-state index is 15.4. The Labute approximate surface area is 214 Å². The Morgan fingerprint density at radius 2 is 1.33 bits per heavy atom. The number of halogens is 1. The van der Waals surface area contributed by atoms with Crippen LogP contribution in [0.25, 0.3) is 55.4 Å². The minimum atomic E-state index is -2.21. The minimum Gasteiger partial charge on any atom is -0.454 e. The molecule has 0 saturated heterocycles. The van der Waals surface area contributed by atoms with Gasteiger partial charge in [-0.05, 0) is 60.6 Å². The molecule has 2 aromatic heterocycles. The summed E-state index contributed by atoms with van der Waals surface area (Å²) in [6.07, 6.45) is 1.66. The smallest absolute Gasteiger partial charge is 0.216 e. The molecule has 3 heteroatoms. The van der Waals surface area contributed by atoms with Crippen molar-refractivity contribution in [2.75, 3.05) is 0 Å². The van der Waals surface area contributed by atoms with Gasteiger partial charge < -0.3 is 4.42 Å². The van der Waals surface area contributed by atoms with Crippen molar-refractivity contribution in [3.8, 4) is 33.5 Å². The van der Waals surface area contributed by atoms with Crippen LogP contribution in [0.2, 0.25) is 0 Å². The van der Waals surface area contributed by atoms with E-state index < -0.39 is 6.85 Å². The molecule has 0 atom stereocenters. The molecule has 0 aliphatic carbocycles. The number of aryl methyl sites for hydroxylation is 4. The van der Waals surface area contributed by atoms with Gasteiger partial charge in [-0.1, -0.05) is 66.7 Å². The average molecular weight is 476 g/mol. The molecule has 0 saturated carbocycles. The van der Waals surface area contributed by atoms with Crippen LogP contribution >= 0.6 is 0 Å². The highest BCUT2D eigenvalue weighted by molar-refractivity contribution is 6.13. The number of furan rings is 1. The fourth-order valence-electron chi connectivity index (χ4n) is 5.02. The van der Waals surface area contributed by atoms with Gasteiger partial charge in [0.2, 0.25) is 5.69 Å². The van der Waals surface area contributed by atoms with E-state index in [0.717, 1.165) is 44.3 Å². The molecule has 0 spiro atoms. The lowest BCUT2D eigenvalue weighted by atomic mass is 9.97. The normalized spacial score (nSPS) is 13.1. The first kappa shape index (κ1) is 19.0. The highest BCUT2D eigenvalue weighted by Gasteiger charge is 2.23. The van der Waals surface area contributed by atoms with Gasteiger partial charge >= 0.3 is 0 Å². The third kappa shape index (κ3) is 3.51. The molecule has 0 aliphatic rings. The van der Waals surface area contributed by atoms with Gasteiger partial charge in [-0.2, -0.15) is 0 Å². The molecule has 2 heterocycles. The second kappa shape index (κ2) is 8.46. The zero-order valence-electron chi connectivity index (χ0n) is 23.4. The Morgan fingerprint density at radius 1 is 0.694 bits per heavy atom. The molecule has 0 fully saturated rings. The van der Waals surface area contributed by atoms with Gasteiger partial charge in [-0.3, -0.25) is 0 Å². The summed E-state index contributed by atoms with van der Waals surface area (Å²) in [5.74, 6) is -0.351. The molecule has 36 heavy (non-hydrogen) atoms. The summed E-state index contributed by atoms with van der Waals surface area (Å²) in [4.78, 5) is 0. The lowest BCUT2D eigenvalue weighted by molar-refractivity contribution is -0.660. The molecule has 0 amide bonds. The van der Waals surface area contributed by atoms with Crippen molar-refractivity contribution in [2.24, 2.45) is 7.05 Å². The Balaban J connectivity index is 1.56. The molecule has 0 bridgehead atoms. The van der Waals surface area contributed by atoms with Crippen LogP contribution in [-0.4, -0.2) is 0 Å². The van der Waals surface area contributed by atoms with E-state index in [1.54, 1.807) is 12.3 Å². The van der Waals surface area contributed by atoms with Crippen LogP contribution < -0.4 is 4.57 Å². The highest BCUT2D eigenvalue weighted by Crippen LogP contribution is 2.42. The van der Waals surface area contributed by atoms with E-state index in [-0.39, 0.29) is 5.82 Å². The van der Waals surface area contributed by atoms with E-state index in [1.807, 2.05) is 98.3 Å². The van der Waals surface area contributed by atoms with Crippen molar-refractivity contribution in [1.29, 1.82) is 0 Å². The van der Waals surface area contributed by atoms with E-state index >= 15 is 4.39 Å². The molecule has 4 aromatic carbocycles. The van der Waals surface area contributed by atoms with Crippen molar-refractivity contribution in [3.63, 3.8) is 0 Å². The van der Waals surface area contributed by atoms with Gasteiger partial charge in [0.25, 0.3) is 0 Å². The molecular weight excluding hydrogens is 445 g/mol. The summed E-state index contributed by atoms with van der Waals surface area (Å²) in [5, 5.41) is 1.71. The fraction of sp³-hybridized carbons (Fsp3) is 0.121. The van der Waals surface area contributed by atoms with Gasteiger partial charge in [0.1, 0.15) is 24.0 Å². The average Bonchev–Trinajstić information content (AvgIpc) is 3.28. The van der Waals surface area contributed by atoms with Crippen molar-refractivity contribution in [2.45, 2.75) is 20.7 Å². The summed E-state index contributed by atoms with van der Waals surface area (Å²) < 4.78 is 47.4. The Hall–Kier alpha value is -4.24. The van der Waals surface area contributed by atoms with Gasteiger partial charge in [-0.25, -0.2) is 8.96 Å². The van der Waals surface area contributed by atoms with E-state index in [4.69, 9.17) is 8.53 Å². The zero-order chi connectivity index (χ0) is 27.5. The van der Waals surface area contributed by atoms with Crippen molar-refractivity contribution >= 4 is 21.9 Å². The van der Waals surface area contributed by atoms with Gasteiger partial charge in [0.05, 0.1) is 11.1 Å². The quantitative estimate of drug-likeness (QED) is 0.235. The number of rotatable bonds is 3. The predicted molar refractivity (Wildman–Crippen MR) is 145 cm³/mol. The van der Waals surface area contributed by atoms with Crippen molar-refractivity contribution < 1.29 is 17.5 Å². The maximum absolute atomic E-state index is 15.4. The maximum Gasteiger partial charge on any atom is 0.216 e. The summed E-state index contributed by atoms with van der Waals surface area (Å²) in [5.41, 5.74) is 8.10. The van der Waals surface area contributed by atoms with E-state index in [0.29, 0.717) is 27.9 Å². The number of pyridine rings is 1. The van der Waals surface area contributed by atoms with E-state index in [1.165, 1.54) is 6.07 Å². The van der Waals surface area contributed by atoms with Crippen LogP contribution in [-0.2, 0) is 7.05 Å². The molecule has 0 N–H and O–H groups in total. The van der Waals surface area contributed by atoms with E-state index in [9.17, 15) is 0 Å². The summed E-state index contributed by atoms with van der Waals surface area (Å²) in [6.45, 7) is 1.61.